The van der Waals surface area contributed by atoms with Gasteiger partial charge in [0.25, 0.3) is 0 Å². The molecule has 2 atom stereocenters. The highest BCUT2D eigenvalue weighted by Gasteiger charge is 2.36. The van der Waals surface area contributed by atoms with Gasteiger partial charge in [-0.1, -0.05) is 45.7 Å². The SMILES string of the molecule is CCCc1ccc(N2CC(=O)NC(C(C)CC)C2=O)cc1. The maximum absolute atomic E-state index is 12.6. The molecule has 0 aliphatic carbocycles. The van der Waals surface area contributed by atoms with Crippen molar-refractivity contribution in [3.05, 3.63) is 29.8 Å². The monoisotopic (exact) mass is 288 g/mol. The third-order valence-corrected chi connectivity index (χ3v) is 4.15. The molecule has 1 aliphatic rings. The van der Waals surface area contributed by atoms with Crippen molar-refractivity contribution in [2.45, 2.75) is 46.1 Å². The van der Waals surface area contributed by atoms with Crippen LogP contribution in [0, 0.1) is 5.92 Å². The molecule has 1 saturated heterocycles. The van der Waals surface area contributed by atoms with Gasteiger partial charge in [0.15, 0.2) is 0 Å². The van der Waals surface area contributed by atoms with E-state index >= 15 is 0 Å². The van der Waals surface area contributed by atoms with E-state index in [-0.39, 0.29) is 24.3 Å². The second kappa shape index (κ2) is 6.74. The molecule has 2 unspecified atom stereocenters. The van der Waals surface area contributed by atoms with E-state index in [9.17, 15) is 9.59 Å². The molecular weight excluding hydrogens is 264 g/mol. The maximum atomic E-state index is 12.6. The molecule has 4 heteroatoms. The van der Waals surface area contributed by atoms with Crippen LogP contribution in [0.3, 0.4) is 0 Å². The van der Waals surface area contributed by atoms with Crippen molar-refractivity contribution >= 4 is 17.5 Å². The van der Waals surface area contributed by atoms with Crippen LogP contribution in [0.2, 0.25) is 0 Å². The van der Waals surface area contributed by atoms with Gasteiger partial charge >= 0.3 is 0 Å². The molecule has 1 N–H and O–H groups in total. The zero-order valence-electron chi connectivity index (χ0n) is 13.1. The van der Waals surface area contributed by atoms with Gasteiger partial charge in [-0.25, -0.2) is 0 Å². The largest absolute Gasteiger partial charge is 0.342 e. The Hall–Kier alpha value is -1.84. The van der Waals surface area contributed by atoms with E-state index in [2.05, 4.69) is 12.2 Å². The van der Waals surface area contributed by atoms with Crippen LogP contribution < -0.4 is 10.2 Å². The highest BCUT2D eigenvalue weighted by molar-refractivity contribution is 6.06. The number of amides is 2. The molecule has 0 bridgehead atoms. The second-order valence-corrected chi connectivity index (χ2v) is 5.77. The molecule has 1 aromatic rings. The molecule has 1 aliphatic heterocycles. The van der Waals surface area contributed by atoms with Crippen molar-refractivity contribution in [2.24, 2.45) is 5.92 Å². The predicted molar refractivity (Wildman–Crippen MR) is 84.2 cm³/mol. The van der Waals surface area contributed by atoms with Crippen LogP contribution in [0.1, 0.15) is 39.2 Å². The number of carbonyl (C=O) groups is 2. The summed E-state index contributed by atoms with van der Waals surface area (Å²) in [6, 6.07) is 7.55. The number of nitrogens with one attached hydrogen (secondary N) is 1. The minimum Gasteiger partial charge on any atom is -0.342 e. The van der Waals surface area contributed by atoms with Gasteiger partial charge in [0.05, 0.1) is 0 Å². The van der Waals surface area contributed by atoms with Gasteiger partial charge < -0.3 is 10.2 Å². The van der Waals surface area contributed by atoms with Crippen LogP contribution in [-0.4, -0.2) is 24.4 Å². The second-order valence-electron chi connectivity index (χ2n) is 5.77. The lowest BCUT2D eigenvalue weighted by molar-refractivity contribution is -0.132. The lowest BCUT2D eigenvalue weighted by atomic mass is 9.96. The minimum atomic E-state index is -0.411. The minimum absolute atomic E-state index is 0.00723. The van der Waals surface area contributed by atoms with Gasteiger partial charge in [-0.05, 0) is 30.0 Å². The number of piperazine rings is 1. The first-order valence-electron chi connectivity index (χ1n) is 7.76. The Morgan fingerprint density at radius 1 is 1.24 bits per heavy atom. The molecular formula is C17H24N2O2. The van der Waals surface area contributed by atoms with Crippen molar-refractivity contribution in [1.29, 1.82) is 0 Å². The summed E-state index contributed by atoms with van der Waals surface area (Å²) in [4.78, 5) is 26.1. The highest BCUT2D eigenvalue weighted by atomic mass is 16.2. The molecule has 2 amide bonds. The summed E-state index contributed by atoms with van der Waals surface area (Å²) in [6.45, 7) is 6.28. The zero-order valence-corrected chi connectivity index (χ0v) is 13.1. The van der Waals surface area contributed by atoms with Gasteiger partial charge in [0.1, 0.15) is 12.6 Å². The number of rotatable bonds is 5. The summed E-state index contributed by atoms with van der Waals surface area (Å²) in [5.74, 6) is 0.0494. The van der Waals surface area contributed by atoms with Crippen molar-refractivity contribution in [3.63, 3.8) is 0 Å². The van der Waals surface area contributed by atoms with Crippen LogP contribution in [0.15, 0.2) is 24.3 Å². The molecule has 0 spiro atoms. The number of anilines is 1. The maximum Gasteiger partial charge on any atom is 0.250 e. The van der Waals surface area contributed by atoms with Gasteiger partial charge in [0.2, 0.25) is 11.8 Å². The van der Waals surface area contributed by atoms with Crippen LogP contribution in [0.25, 0.3) is 0 Å². The number of aryl methyl sites for hydroxylation is 1. The molecule has 2 rings (SSSR count). The van der Waals surface area contributed by atoms with E-state index in [1.54, 1.807) is 4.90 Å². The third kappa shape index (κ3) is 3.43. The summed E-state index contributed by atoms with van der Waals surface area (Å²) >= 11 is 0. The van der Waals surface area contributed by atoms with Gasteiger partial charge in [-0.2, -0.15) is 0 Å². The normalized spacial score (nSPS) is 20.3. The van der Waals surface area contributed by atoms with E-state index in [0.29, 0.717) is 0 Å². The third-order valence-electron chi connectivity index (χ3n) is 4.15. The first-order chi connectivity index (χ1) is 10.1. The lowest BCUT2D eigenvalue weighted by Crippen LogP contribution is -2.60. The summed E-state index contributed by atoms with van der Waals surface area (Å²) in [6.07, 6.45) is 2.99. The molecule has 114 valence electrons. The highest BCUT2D eigenvalue weighted by Crippen LogP contribution is 2.22. The molecule has 0 saturated carbocycles. The van der Waals surface area contributed by atoms with Crippen molar-refractivity contribution in [2.75, 3.05) is 11.4 Å². The van der Waals surface area contributed by atoms with Gasteiger partial charge in [-0.3, -0.25) is 9.59 Å². The van der Waals surface area contributed by atoms with Crippen LogP contribution >= 0.6 is 0 Å². The molecule has 0 radical (unpaired) electrons. The Labute approximate surface area is 126 Å². The fourth-order valence-corrected chi connectivity index (χ4v) is 2.64. The van der Waals surface area contributed by atoms with Crippen LogP contribution in [-0.2, 0) is 16.0 Å². The number of hydrogen-bond acceptors (Lipinski definition) is 2. The fourth-order valence-electron chi connectivity index (χ4n) is 2.64. The molecule has 1 heterocycles. The first-order valence-corrected chi connectivity index (χ1v) is 7.76. The van der Waals surface area contributed by atoms with E-state index in [1.807, 2.05) is 38.1 Å². The molecule has 0 aromatic heterocycles. The Morgan fingerprint density at radius 3 is 2.48 bits per heavy atom. The fraction of sp³-hybridized carbons (Fsp3) is 0.529. The van der Waals surface area contributed by atoms with Crippen molar-refractivity contribution in [3.8, 4) is 0 Å². The van der Waals surface area contributed by atoms with Gasteiger partial charge in [-0.15, -0.1) is 0 Å². The van der Waals surface area contributed by atoms with Crippen LogP contribution in [0.5, 0.6) is 0 Å². The summed E-state index contributed by atoms with van der Waals surface area (Å²) in [7, 11) is 0. The number of hydrogen-bond donors (Lipinski definition) is 1. The number of benzene rings is 1. The van der Waals surface area contributed by atoms with Crippen molar-refractivity contribution in [1.82, 2.24) is 5.32 Å². The zero-order chi connectivity index (χ0) is 15.4. The predicted octanol–water partition coefficient (Wildman–Crippen LogP) is 2.52. The van der Waals surface area contributed by atoms with E-state index in [1.165, 1.54) is 5.56 Å². The van der Waals surface area contributed by atoms with Crippen LogP contribution in [0.4, 0.5) is 5.69 Å². The number of nitrogens with zero attached hydrogens (tertiary/aromatic N) is 1. The molecule has 1 aromatic carbocycles. The average molecular weight is 288 g/mol. The Balaban J connectivity index is 2.20. The number of carbonyl (C=O) groups excluding carboxylic acids is 2. The Bertz CT molecular complexity index is 510. The Morgan fingerprint density at radius 2 is 1.90 bits per heavy atom. The molecule has 21 heavy (non-hydrogen) atoms. The van der Waals surface area contributed by atoms with E-state index in [4.69, 9.17) is 0 Å². The standard InChI is InChI=1S/C17H24N2O2/c1-4-6-13-7-9-14(10-8-13)19-11-15(20)18-16(17(19)21)12(3)5-2/h7-10,12,16H,4-6,11H2,1-3H3,(H,18,20). The smallest absolute Gasteiger partial charge is 0.250 e. The quantitative estimate of drug-likeness (QED) is 0.905. The average Bonchev–Trinajstić information content (AvgIpc) is 2.49. The lowest BCUT2D eigenvalue weighted by Gasteiger charge is -2.35. The molecule has 1 fully saturated rings. The summed E-state index contributed by atoms with van der Waals surface area (Å²) in [5.41, 5.74) is 2.07. The van der Waals surface area contributed by atoms with Crippen molar-refractivity contribution < 1.29 is 9.59 Å². The van der Waals surface area contributed by atoms with Gasteiger partial charge in [0, 0.05) is 5.69 Å². The summed E-state index contributed by atoms with van der Waals surface area (Å²) in [5, 5.41) is 2.82. The first kappa shape index (κ1) is 15.5. The topological polar surface area (TPSA) is 49.4 Å². The van der Waals surface area contributed by atoms with E-state index in [0.717, 1.165) is 24.9 Å². The summed E-state index contributed by atoms with van der Waals surface area (Å²) < 4.78 is 0. The molecule has 4 nitrogen and oxygen atoms in total. The van der Waals surface area contributed by atoms with E-state index < -0.39 is 6.04 Å². The Kier molecular flexibility index (Phi) is 4.99.